The Kier molecular flexibility index (Phi) is 6.36. The van der Waals surface area contributed by atoms with Crippen molar-refractivity contribution in [2.75, 3.05) is 0 Å². The van der Waals surface area contributed by atoms with Gasteiger partial charge in [0.1, 0.15) is 0 Å². The van der Waals surface area contributed by atoms with Gasteiger partial charge in [-0.15, -0.1) is 0 Å². The first-order valence-electron chi connectivity index (χ1n) is 15.1. The number of carbonyl (C=O) groups is 2. The summed E-state index contributed by atoms with van der Waals surface area (Å²) < 4.78 is 7.21. The van der Waals surface area contributed by atoms with E-state index in [4.69, 9.17) is 0 Å². The molecule has 0 unspecified atom stereocenters. The summed E-state index contributed by atoms with van der Waals surface area (Å²) in [5.74, 6) is 0.211. The highest BCUT2D eigenvalue weighted by Crippen LogP contribution is 2.48. The number of benzene rings is 6. The van der Waals surface area contributed by atoms with E-state index in [2.05, 4.69) is 113 Å². The van der Waals surface area contributed by atoms with Crippen molar-refractivity contribution < 1.29 is 9.59 Å². The summed E-state index contributed by atoms with van der Waals surface area (Å²) in [4.78, 5) is 25.7. The Morgan fingerprint density at radius 1 is 0.468 bits per heavy atom. The largest absolute Gasteiger partial charge is 0.344 e. The fraction of sp³-hybridized carbons (Fsp3) is 0.0500. The molecule has 0 saturated heterocycles. The Bertz CT molecular complexity index is 2730. The number of aromatic nitrogens is 2. The van der Waals surface area contributed by atoms with Gasteiger partial charge >= 0.3 is 0 Å². The molecule has 6 aromatic carbocycles. The molecule has 2 aliphatic rings. The molecule has 0 bridgehead atoms. The molecule has 0 amide bonds. The number of hydrogen-bond donors (Lipinski definition) is 0. The molecule has 0 aliphatic heterocycles. The van der Waals surface area contributed by atoms with E-state index < -0.39 is 0 Å². The van der Waals surface area contributed by atoms with Crippen LogP contribution in [-0.2, 0) is 14.1 Å². The predicted molar refractivity (Wildman–Crippen MR) is 202 cm³/mol. The molecule has 0 fully saturated rings. The third-order valence-electron chi connectivity index (χ3n) is 9.68. The average Bonchev–Trinajstić information content (AvgIpc) is 3.74. The molecule has 0 spiro atoms. The third kappa shape index (κ3) is 3.97. The maximum atomic E-state index is 12.9. The summed E-state index contributed by atoms with van der Waals surface area (Å²) in [5.41, 5.74) is 12.0. The van der Waals surface area contributed by atoms with Crippen molar-refractivity contribution in [2.45, 2.75) is 0 Å². The van der Waals surface area contributed by atoms with Crippen LogP contribution in [0.3, 0.4) is 0 Å². The first kappa shape index (κ1) is 28.9. The topological polar surface area (TPSA) is 44.0 Å². The summed E-state index contributed by atoms with van der Waals surface area (Å²) in [5, 5.41) is 4.70. The molecular weight excluding hydrogens is 780 g/mol. The molecule has 10 rings (SSSR count). The predicted octanol–water partition coefficient (Wildman–Crippen LogP) is 11.4. The lowest BCUT2D eigenvalue weighted by atomic mass is 9.99. The summed E-state index contributed by atoms with van der Waals surface area (Å²) in [7, 11) is 4.15. The molecule has 0 N–H and O–H groups in total. The van der Waals surface area contributed by atoms with E-state index in [-0.39, 0.29) is 11.6 Å². The van der Waals surface area contributed by atoms with Crippen LogP contribution in [0, 0.1) is 0 Å². The molecule has 2 heterocycles. The van der Waals surface area contributed by atoms with Crippen LogP contribution in [-0.4, -0.2) is 20.7 Å². The molecule has 0 radical (unpaired) electrons. The van der Waals surface area contributed by atoms with Crippen LogP contribution in [0.25, 0.3) is 65.9 Å². The van der Waals surface area contributed by atoms with Crippen LogP contribution in [0.5, 0.6) is 0 Å². The van der Waals surface area contributed by atoms with Crippen molar-refractivity contribution in [1.29, 1.82) is 0 Å². The maximum absolute atomic E-state index is 12.9. The molecule has 0 saturated carbocycles. The number of para-hydroxylation sites is 2. The highest BCUT2D eigenvalue weighted by Gasteiger charge is 2.32. The fourth-order valence-electron chi connectivity index (χ4n) is 7.64. The molecular formula is C40H23Br3N2O2. The van der Waals surface area contributed by atoms with Crippen molar-refractivity contribution in [3.05, 3.63) is 139 Å². The molecule has 2 aliphatic carbocycles. The summed E-state index contributed by atoms with van der Waals surface area (Å²) in [6.07, 6.45) is 0. The van der Waals surface area contributed by atoms with E-state index in [1.165, 1.54) is 27.2 Å². The second kappa shape index (κ2) is 10.3. The average molecular weight is 803 g/mol. The zero-order valence-corrected chi connectivity index (χ0v) is 29.9. The Hall–Kier alpha value is -4.30. The zero-order chi connectivity index (χ0) is 32.3. The van der Waals surface area contributed by atoms with E-state index in [0.717, 1.165) is 74.3 Å². The third-order valence-corrected chi connectivity index (χ3v) is 11.3. The second-order valence-corrected chi connectivity index (χ2v) is 14.8. The number of aryl methyl sites for hydroxylation is 2. The van der Waals surface area contributed by atoms with E-state index in [0.29, 0.717) is 0 Å². The molecule has 8 aromatic rings. The Labute approximate surface area is 295 Å². The minimum Gasteiger partial charge on any atom is -0.344 e. The molecule has 4 nitrogen and oxygen atoms in total. The van der Waals surface area contributed by atoms with Crippen LogP contribution in [0.4, 0.5) is 0 Å². The molecule has 7 heteroatoms. The zero-order valence-electron chi connectivity index (χ0n) is 25.2. The number of carbonyl (C=O) groups excluding carboxylic acids is 2. The van der Waals surface area contributed by atoms with E-state index in [9.17, 15) is 9.59 Å². The smallest absolute Gasteiger partial charge is 0.194 e. The van der Waals surface area contributed by atoms with Gasteiger partial charge in [0.05, 0.1) is 5.52 Å². The van der Waals surface area contributed by atoms with Gasteiger partial charge in [0.15, 0.2) is 11.6 Å². The van der Waals surface area contributed by atoms with Crippen LogP contribution in [0.1, 0.15) is 31.8 Å². The number of hydrogen-bond acceptors (Lipinski definition) is 2. The number of fused-ring (bicyclic) bond motifs is 14. The second-order valence-electron chi connectivity index (χ2n) is 12.1. The van der Waals surface area contributed by atoms with Crippen molar-refractivity contribution in [1.82, 2.24) is 9.13 Å². The number of nitrogens with zero attached hydrogens (tertiary/aromatic N) is 2. The standard InChI is InChI=1S/C20H11Br2NO.C20H12BrNO/c1-23-16-5-3-2-4-12(16)18-17-11-7-6-10(21)8-13(11)20(24)14(17)9-15(22)19(18)23;1-22-16-5-3-2-4-13(16)19-17(22)9-8-14-18(19)12-7-6-11(21)10-15(12)20(14)23/h2-9H,1H3;2-10H,1H3. The van der Waals surface area contributed by atoms with Crippen molar-refractivity contribution >= 4 is 103 Å². The van der Waals surface area contributed by atoms with Crippen LogP contribution < -0.4 is 0 Å². The minimum absolute atomic E-state index is 0.0943. The van der Waals surface area contributed by atoms with E-state index in [1.807, 2.05) is 60.7 Å². The molecule has 47 heavy (non-hydrogen) atoms. The Balaban J connectivity index is 0.000000129. The summed E-state index contributed by atoms with van der Waals surface area (Å²) in [6.45, 7) is 0. The van der Waals surface area contributed by atoms with Crippen LogP contribution in [0.15, 0.2) is 117 Å². The van der Waals surface area contributed by atoms with Gasteiger partial charge in [-0.2, -0.15) is 0 Å². The van der Waals surface area contributed by atoms with Crippen LogP contribution in [0.2, 0.25) is 0 Å². The number of ketones is 2. The first-order valence-corrected chi connectivity index (χ1v) is 17.5. The maximum Gasteiger partial charge on any atom is 0.194 e. The fourth-order valence-corrected chi connectivity index (χ4v) is 9.06. The van der Waals surface area contributed by atoms with Crippen LogP contribution >= 0.6 is 47.8 Å². The Morgan fingerprint density at radius 3 is 1.62 bits per heavy atom. The van der Waals surface area contributed by atoms with Gasteiger partial charge in [-0.3, -0.25) is 9.59 Å². The quantitative estimate of drug-likeness (QED) is 0.153. The molecule has 0 atom stereocenters. The monoisotopic (exact) mass is 800 g/mol. The highest BCUT2D eigenvalue weighted by atomic mass is 79.9. The van der Waals surface area contributed by atoms with Gasteiger partial charge in [0, 0.05) is 99.0 Å². The SMILES string of the molecule is Cn1c2ccccc2c2c3c(cc(Br)c21)C(=O)c1cc(Br)ccc1-3.Cn1c2ccccc2c2c3c(ccc21)C(=O)c1cc(Br)ccc1-3. The lowest BCUT2D eigenvalue weighted by molar-refractivity contribution is 0.103. The van der Waals surface area contributed by atoms with Gasteiger partial charge < -0.3 is 9.13 Å². The van der Waals surface area contributed by atoms with Crippen molar-refractivity contribution in [2.24, 2.45) is 14.1 Å². The lowest BCUT2D eigenvalue weighted by Gasteiger charge is -2.06. The van der Waals surface area contributed by atoms with Crippen molar-refractivity contribution in [3.8, 4) is 22.3 Å². The van der Waals surface area contributed by atoms with E-state index >= 15 is 0 Å². The normalized spacial score (nSPS) is 12.9. The minimum atomic E-state index is 0.0943. The lowest BCUT2D eigenvalue weighted by Crippen LogP contribution is -1.96. The Morgan fingerprint density at radius 2 is 0.979 bits per heavy atom. The first-order chi connectivity index (χ1) is 22.7. The highest BCUT2D eigenvalue weighted by molar-refractivity contribution is 9.11. The number of rotatable bonds is 0. The van der Waals surface area contributed by atoms with Crippen molar-refractivity contribution in [3.63, 3.8) is 0 Å². The van der Waals surface area contributed by atoms with E-state index in [1.54, 1.807) is 0 Å². The summed E-state index contributed by atoms with van der Waals surface area (Å²) in [6, 6.07) is 34.6. The molecule has 226 valence electrons. The van der Waals surface area contributed by atoms with Gasteiger partial charge in [-0.25, -0.2) is 0 Å². The van der Waals surface area contributed by atoms with Gasteiger partial charge in [-0.05, 0) is 81.7 Å². The van der Waals surface area contributed by atoms with Gasteiger partial charge in [0.2, 0.25) is 0 Å². The van der Waals surface area contributed by atoms with Gasteiger partial charge in [-0.1, -0.05) is 80.4 Å². The summed E-state index contributed by atoms with van der Waals surface area (Å²) >= 11 is 10.6. The number of halogens is 3. The van der Waals surface area contributed by atoms with Gasteiger partial charge in [0.25, 0.3) is 0 Å². The molecule has 2 aromatic heterocycles.